The van der Waals surface area contributed by atoms with Crippen molar-refractivity contribution in [1.82, 2.24) is 29.9 Å². The first kappa shape index (κ1) is 50.3. The molecule has 0 fully saturated rings. The molecule has 0 aliphatic carbocycles. The van der Waals surface area contributed by atoms with E-state index < -0.39 is 0 Å². The first-order chi connectivity index (χ1) is 40.9. The summed E-state index contributed by atoms with van der Waals surface area (Å²) in [7, 11) is 0. The minimum absolute atomic E-state index is 0.543. The number of hydrogen-bond acceptors (Lipinski definition) is 8. The van der Waals surface area contributed by atoms with E-state index >= 15 is 0 Å². The largest absolute Gasteiger partial charge is 0.306 e. The summed E-state index contributed by atoms with van der Waals surface area (Å²) in [4.78, 5) is 37.7. The standard InChI is InChI=1S/C75H54N8/c1-49-42-50(2)72(51(3)43-49)58-45-70(82-66-38-22-24-40-68(66)83(69-41-25-23-39-67(69)82)71-48-65(56-34-18-8-19-35-56)76-73(81-71)57-36-20-9-21-37-57)60(75-79-63(54-30-14-6-15-31-54)47-64(80-75)55-32-16-7-17-33-55)44-59(58)74-77-61(52-26-10-4-11-27-52)46-62(78-74)53-28-12-5-13-29-53/h4-48H,1-3H3. The molecule has 0 saturated carbocycles. The fourth-order valence-corrected chi connectivity index (χ4v) is 11.6. The summed E-state index contributed by atoms with van der Waals surface area (Å²) >= 11 is 0. The maximum absolute atomic E-state index is 5.61. The average molecular weight is 1070 g/mol. The third kappa shape index (κ3) is 9.68. The van der Waals surface area contributed by atoms with Crippen molar-refractivity contribution in [3.05, 3.63) is 290 Å². The lowest BCUT2D eigenvalue weighted by Gasteiger charge is -2.40. The lowest BCUT2D eigenvalue weighted by molar-refractivity contribution is 1.09. The van der Waals surface area contributed by atoms with Gasteiger partial charge in [-0.15, -0.1) is 0 Å². The fourth-order valence-electron chi connectivity index (χ4n) is 11.6. The van der Waals surface area contributed by atoms with Gasteiger partial charge >= 0.3 is 0 Å². The van der Waals surface area contributed by atoms with Gasteiger partial charge in [-0.1, -0.05) is 224 Å². The van der Waals surface area contributed by atoms with Crippen LogP contribution in [0.5, 0.6) is 0 Å². The first-order valence-electron chi connectivity index (χ1n) is 27.9. The SMILES string of the molecule is Cc1cc(C)c(-c2cc(N3c4ccccc4N(c4cc(-c5ccccc5)nc(-c5ccccc5)n4)c4ccccc43)c(-c3nc(-c4ccccc4)cc(-c4ccccc4)n3)cc2-c2nc(-c3ccccc3)cc(-c3ccccc3)n2)c(C)c1. The molecule has 1 aliphatic heterocycles. The van der Waals surface area contributed by atoms with Gasteiger partial charge in [0.25, 0.3) is 0 Å². The monoisotopic (exact) mass is 1070 g/mol. The second kappa shape index (κ2) is 21.6. The lowest BCUT2D eigenvalue weighted by atomic mass is 9.88. The first-order valence-corrected chi connectivity index (χ1v) is 27.9. The Morgan fingerprint density at radius 2 is 0.566 bits per heavy atom. The van der Waals surface area contributed by atoms with Crippen LogP contribution in [-0.4, -0.2) is 29.9 Å². The molecule has 4 heterocycles. The summed E-state index contributed by atoms with van der Waals surface area (Å²) in [6.07, 6.45) is 0. The van der Waals surface area contributed by atoms with Crippen molar-refractivity contribution >= 4 is 34.3 Å². The molecule has 0 unspecified atom stereocenters. The zero-order valence-electron chi connectivity index (χ0n) is 46.1. The molecule has 0 amide bonds. The molecule has 0 radical (unpaired) electrons. The molecule has 394 valence electrons. The van der Waals surface area contributed by atoms with Crippen LogP contribution in [0.25, 0.3) is 102 Å². The van der Waals surface area contributed by atoms with E-state index in [1.807, 2.05) is 48.5 Å². The van der Waals surface area contributed by atoms with Crippen LogP contribution in [0.2, 0.25) is 0 Å². The van der Waals surface area contributed by atoms with Gasteiger partial charge in [-0.05, 0) is 91.6 Å². The maximum Gasteiger partial charge on any atom is 0.162 e. The molecule has 8 nitrogen and oxygen atoms in total. The highest BCUT2D eigenvalue weighted by Crippen LogP contribution is 2.57. The minimum atomic E-state index is 0.543. The van der Waals surface area contributed by atoms with E-state index in [0.717, 1.165) is 129 Å². The Hall–Kier alpha value is -11.0. The maximum atomic E-state index is 5.61. The van der Waals surface area contributed by atoms with E-state index in [1.165, 1.54) is 5.56 Å². The molecule has 0 atom stereocenters. The Kier molecular flexibility index (Phi) is 13.1. The number of aryl methyl sites for hydroxylation is 3. The molecule has 8 heteroatoms. The summed E-state index contributed by atoms with van der Waals surface area (Å²) in [5.74, 6) is 2.48. The van der Waals surface area contributed by atoms with Crippen LogP contribution in [0.1, 0.15) is 16.7 Å². The highest BCUT2D eigenvalue weighted by atomic mass is 15.3. The van der Waals surface area contributed by atoms with E-state index in [2.05, 4.69) is 255 Å². The zero-order valence-corrected chi connectivity index (χ0v) is 46.1. The van der Waals surface area contributed by atoms with Gasteiger partial charge in [-0.2, -0.15) is 0 Å². The van der Waals surface area contributed by atoms with Crippen molar-refractivity contribution < 1.29 is 0 Å². The minimum Gasteiger partial charge on any atom is -0.306 e. The van der Waals surface area contributed by atoms with Gasteiger partial charge in [0.2, 0.25) is 0 Å². The van der Waals surface area contributed by atoms with Crippen LogP contribution < -0.4 is 9.80 Å². The Bertz CT molecular complexity index is 4280. The third-order valence-corrected chi connectivity index (χ3v) is 15.3. The Morgan fingerprint density at radius 3 is 0.964 bits per heavy atom. The summed E-state index contributed by atoms with van der Waals surface area (Å²) in [6.45, 7) is 6.58. The number of benzene rings is 10. The van der Waals surface area contributed by atoms with Gasteiger partial charge in [-0.3, -0.25) is 4.90 Å². The summed E-state index contributed by atoms with van der Waals surface area (Å²) in [6, 6.07) is 94.7. The molecular formula is C75H54N8. The van der Waals surface area contributed by atoms with Crippen LogP contribution in [0.4, 0.5) is 34.3 Å². The van der Waals surface area contributed by atoms with Crippen molar-refractivity contribution in [2.45, 2.75) is 20.8 Å². The van der Waals surface area contributed by atoms with E-state index in [0.29, 0.717) is 17.5 Å². The number of para-hydroxylation sites is 4. The molecule has 10 aromatic carbocycles. The van der Waals surface area contributed by atoms with Crippen molar-refractivity contribution in [3.63, 3.8) is 0 Å². The van der Waals surface area contributed by atoms with E-state index in [-0.39, 0.29) is 0 Å². The molecule has 83 heavy (non-hydrogen) atoms. The molecule has 14 rings (SSSR count). The number of rotatable bonds is 11. The van der Waals surface area contributed by atoms with Gasteiger partial charge in [-0.25, -0.2) is 29.9 Å². The fraction of sp³-hybridized carbons (Fsp3) is 0.0400. The smallest absolute Gasteiger partial charge is 0.162 e. The number of nitrogens with zero attached hydrogens (tertiary/aromatic N) is 8. The Labute approximate surface area is 483 Å². The molecule has 0 bridgehead atoms. The van der Waals surface area contributed by atoms with E-state index in [9.17, 15) is 0 Å². The molecule has 1 aliphatic rings. The highest BCUT2D eigenvalue weighted by molar-refractivity contribution is 6.05. The van der Waals surface area contributed by atoms with Crippen LogP contribution in [0, 0.1) is 20.8 Å². The van der Waals surface area contributed by atoms with Gasteiger partial charge < -0.3 is 4.90 Å². The van der Waals surface area contributed by atoms with Gasteiger partial charge in [0.05, 0.1) is 56.9 Å². The summed E-state index contributed by atoms with van der Waals surface area (Å²) < 4.78 is 0. The second-order valence-corrected chi connectivity index (χ2v) is 20.9. The van der Waals surface area contributed by atoms with E-state index in [4.69, 9.17) is 29.9 Å². The van der Waals surface area contributed by atoms with Gasteiger partial charge in [0, 0.05) is 50.6 Å². The normalized spacial score (nSPS) is 11.7. The predicted octanol–water partition coefficient (Wildman–Crippen LogP) is 19.2. The topological polar surface area (TPSA) is 83.8 Å². The molecule has 13 aromatic rings. The molecule has 0 saturated heterocycles. The molecule has 3 aromatic heterocycles. The molecular weight excluding hydrogens is 1010 g/mol. The molecule has 0 spiro atoms. The van der Waals surface area contributed by atoms with Crippen LogP contribution in [0.3, 0.4) is 0 Å². The van der Waals surface area contributed by atoms with Crippen LogP contribution in [-0.2, 0) is 0 Å². The third-order valence-electron chi connectivity index (χ3n) is 15.3. The highest BCUT2D eigenvalue weighted by Gasteiger charge is 2.35. The van der Waals surface area contributed by atoms with Crippen LogP contribution in [0.15, 0.2) is 273 Å². The Balaban J connectivity index is 1.09. The number of fused-ring (bicyclic) bond motifs is 2. The summed E-state index contributed by atoms with van der Waals surface area (Å²) in [5, 5.41) is 0. The molecule has 0 N–H and O–H groups in total. The zero-order chi connectivity index (χ0) is 55.8. The number of hydrogen-bond donors (Lipinski definition) is 0. The second-order valence-electron chi connectivity index (χ2n) is 20.9. The Morgan fingerprint density at radius 1 is 0.241 bits per heavy atom. The van der Waals surface area contributed by atoms with Crippen molar-refractivity contribution in [3.8, 4) is 102 Å². The number of aromatic nitrogens is 6. The predicted molar refractivity (Wildman–Crippen MR) is 339 cm³/mol. The van der Waals surface area contributed by atoms with Gasteiger partial charge in [0.1, 0.15) is 5.82 Å². The van der Waals surface area contributed by atoms with Crippen LogP contribution >= 0.6 is 0 Å². The van der Waals surface area contributed by atoms with Crippen molar-refractivity contribution in [2.24, 2.45) is 0 Å². The van der Waals surface area contributed by atoms with Crippen molar-refractivity contribution in [2.75, 3.05) is 9.80 Å². The lowest BCUT2D eigenvalue weighted by Crippen LogP contribution is -2.25. The van der Waals surface area contributed by atoms with Gasteiger partial charge in [0.15, 0.2) is 17.5 Å². The van der Waals surface area contributed by atoms with Crippen molar-refractivity contribution in [1.29, 1.82) is 0 Å². The average Bonchev–Trinajstić information content (AvgIpc) is 2.40. The quantitative estimate of drug-likeness (QED) is 0.127. The van der Waals surface area contributed by atoms with E-state index in [1.54, 1.807) is 0 Å². The number of anilines is 6. The summed E-state index contributed by atoms with van der Waals surface area (Å²) in [5.41, 5.74) is 21.6.